The lowest BCUT2D eigenvalue weighted by atomic mass is 9.97. The summed E-state index contributed by atoms with van der Waals surface area (Å²) >= 11 is 0. The van der Waals surface area contributed by atoms with Crippen LogP contribution in [0.2, 0.25) is 0 Å². The molecular formula is C19H21FN2O2. The Morgan fingerprint density at radius 1 is 1.21 bits per heavy atom. The van der Waals surface area contributed by atoms with E-state index in [2.05, 4.69) is 11.2 Å². The lowest BCUT2D eigenvalue weighted by Crippen LogP contribution is -2.32. The van der Waals surface area contributed by atoms with E-state index in [1.54, 1.807) is 23.1 Å². The van der Waals surface area contributed by atoms with Gasteiger partial charge < -0.3 is 9.42 Å². The standard InChI is InChI=1S/C19H21FN2O2/c20-17-8-6-16(7-9-17)14-22(19(23)18-11-13-24-21-18)12-10-15-4-2-1-3-5-15/h4,6-9,11,13H,1-3,5,10,12,14H2. The molecule has 0 radical (unpaired) electrons. The number of hydrogen-bond acceptors (Lipinski definition) is 3. The zero-order valence-corrected chi connectivity index (χ0v) is 13.6. The first kappa shape index (κ1) is 16.4. The highest BCUT2D eigenvalue weighted by Crippen LogP contribution is 2.21. The van der Waals surface area contributed by atoms with Crippen molar-refractivity contribution in [1.82, 2.24) is 10.1 Å². The van der Waals surface area contributed by atoms with Crippen LogP contribution in [0.3, 0.4) is 0 Å². The van der Waals surface area contributed by atoms with Crippen LogP contribution in [-0.4, -0.2) is 22.5 Å². The molecule has 0 aliphatic heterocycles. The van der Waals surface area contributed by atoms with E-state index in [0.717, 1.165) is 24.8 Å². The van der Waals surface area contributed by atoms with Crippen molar-refractivity contribution in [3.8, 4) is 0 Å². The van der Waals surface area contributed by atoms with Gasteiger partial charge in [-0.2, -0.15) is 0 Å². The van der Waals surface area contributed by atoms with Crippen LogP contribution in [0, 0.1) is 5.82 Å². The average molecular weight is 328 g/mol. The number of benzene rings is 1. The molecule has 0 unspecified atom stereocenters. The van der Waals surface area contributed by atoms with Crippen molar-refractivity contribution >= 4 is 5.91 Å². The Kier molecular flexibility index (Phi) is 5.41. The monoisotopic (exact) mass is 328 g/mol. The molecule has 0 atom stereocenters. The van der Waals surface area contributed by atoms with E-state index in [4.69, 9.17) is 4.52 Å². The molecule has 126 valence electrons. The molecule has 0 saturated heterocycles. The first-order chi connectivity index (χ1) is 11.7. The molecule has 24 heavy (non-hydrogen) atoms. The Bertz CT molecular complexity index is 693. The van der Waals surface area contributed by atoms with Gasteiger partial charge in [0.2, 0.25) is 0 Å². The van der Waals surface area contributed by atoms with Gasteiger partial charge in [-0.3, -0.25) is 4.79 Å². The molecule has 5 heteroatoms. The van der Waals surface area contributed by atoms with Gasteiger partial charge in [-0.05, 0) is 49.8 Å². The number of aromatic nitrogens is 1. The summed E-state index contributed by atoms with van der Waals surface area (Å²) < 4.78 is 17.9. The third-order valence-corrected chi connectivity index (χ3v) is 4.32. The van der Waals surface area contributed by atoms with E-state index < -0.39 is 0 Å². The second-order valence-corrected chi connectivity index (χ2v) is 6.10. The van der Waals surface area contributed by atoms with Crippen LogP contribution in [0.4, 0.5) is 4.39 Å². The number of carbonyl (C=O) groups excluding carboxylic acids is 1. The van der Waals surface area contributed by atoms with Crippen molar-refractivity contribution in [3.63, 3.8) is 0 Å². The van der Waals surface area contributed by atoms with Crippen molar-refractivity contribution < 1.29 is 13.7 Å². The molecular weight excluding hydrogens is 307 g/mol. The molecule has 2 aromatic rings. The minimum absolute atomic E-state index is 0.163. The van der Waals surface area contributed by atoms with E-state index in [0.29, 0.717) is 18.8 Å². The van der Waals surface area contributed by atoms with Crippen molar-refractivity contribution in [3.05, 3.63) is 65.3 Å². The fourth-order valence-corrected chi connectivity index (χ4v) is 2.96. The van der Waals surface area contributed by atoms with Gasteiger partial charge in [0.05, 0.1) is 0 Å². The van der Waals surface area contributed by atoms with Crippen molar-refractivity contribution in [2.24, 2.45) is 0 Å². The molecule has 3 rings (SSSR count). The Morgan fingerprint density at radius 2 is 2.04 bits per heavy atom. The third kappa shape index (κ3) is 4.31. The molecule has 1 heterocycles. The van der Waals surface area contributed by atoms with Crippen LogP contribution >= 0.6 is 0 Å². The Labute approximate surface area is 140 Å². The molecule has 1 aliphatic rings. The van der Waals surface area contributed by atoms with Gasteiger partial charge in [-0.1, -0.05) is 28.9 Å². The number of hydrogen-bond donors (Lipinski definition) is 0. The van der Waals surface area contributed by atoms with Crippen LogP contribution < -0.4 is 0 Å². The normalized spacial score (nSPS) is 14.3. The summed E-state index contributed by atoms with van der Waals surface area (Å²) in [5.74, 6) is -0.440. The summed E-state index contributed by atoms with van der Waals surface area (Å²) in [5, 5.41) is 3.75. The van der Waals surface area contributed by atoms with Gasteiger partial charge in [-0.15, -0.1) is 0 Å². The molecule has 1 aromatic heterocycles. The topological polar surface area (TPSA) is 46.3 Å². The van der Waals surface area contributed by atoms with Crippen molar-refractivity contribution in [2.75, 3.05) is 6.54 Å². The summed E-state index contributed by atoms with van der Waals surface area (Å²) in [6, 6.07) is 7.81. The number of amides is 1. The van der Waals surface area contributed by atoms with Gasteiger partial charge in [-0.25, -0.2) is 4.39 Å². The van der Waals surface area contributed by atoms with Gasteiger partial charge in [0.25, 0.3) is 5.91 Å². The smallest absolute Gasteiger partial charge is 0.276 e. The molecule has 1 aliphatic carbocycles. The van der Waals surface area contributed by atoms with Crippen LogP contribution in [0.1, 0.15) is 48.2 Å². The van der Waals surface area contributed by atoms with Gasteiger partial charge in [0.1, 0.15) is 12.1 Å². The molecule has 0 N–H and O–H groups in total. The number of halogens is 1. The zero-order chi connectivity index (χ0) is 16.8. The molecule has 0 bridgehead atoms. The predicted octanol–water partition coefficient (Wildman–Crippen LogP) is 4.35. The molecule has 4 nitrogen and oxygen atoms in total. The zero-order valence-electron chi connectivity index (χ0n) is 13.6. The molecule has 0 saturated carbocycles. The van der Waals surface area contributed by atoms with Crippen LogP contribution in [0.5, 0.6) is 0 Å². The van der Waals surface area contributed by atoms with Crippen molar-refractivity contribution in [2.45, 2.75) is 38.6 Å². The lowest BCUT2D eigenvalue weighted by Gasteiger charge is -2.23. The van der Waals surface area contributed by atoms with Crippen molar-refractivity contribution in [1.29, 1.82) is 0 Å². The maximum Gasteiger partial charge on any atom is 0.276 e. The summed E-state index contributed by atoms with van der Waals surface area (Å²) in [7, 11) is 0. The predicted molar refractivity (Wildman–Crippen MR) is 88.8 cm³/mol. The summed E-state index contributed by atoms with van der Waals surface area (Å²) in [6.07, 6.45) is 9.27. The van der Waals surface area contributed by atoms with E-state index in [9.17, 15) is 9.18 Å². The van der Waals surface area contributed by atoms with Crippen LogP contribution in [-0.2, 0) is 6.54 Å². The second-order valence-electron chi connectivity index (χ2n) is 6.10. The minimum atomic E-state index is -0.277. The second kappa shape index (κ2) is 7.90. The highest BCUT2D eigenvalue weighted by molar-refractivity contribution is 5.92. The quantitative estimate of drug-likeness (QED) is 0.741. The van der Waals surface area contributed by atoms with E-state index in [1.807, 2.05) is 0 Å². The molecule has 0 fully saturated rings. The maximum atomic E-state index is 13.1. The van der Waals surface area contributed by atoms with E-state index >= 15 is 0 Å². The van der Waals surface area contributed by atoms with Crippen LogP contribution in [0.25, 0.3) is 0 Å². The number of rotatable bonds is 6. The summed E-state index contributed by atoms with van der Waals surface area (Å²) in [6.45, 7) is 1.05. The highest BCUT2D eigenvalue weighted by Gasteiger charge is 2.19. The Balaban J connectivity index is 1.71. The van der Waals surface area contributed by atoms with Gasteiger partial charge in [0.15, 0.2) is 5.69 Å². The number of nitrogens with zero attached hydrogens (tertiary/aromatic N) is 2. The lowest BCUT2D eigenvalue weighted by molar-refractivity contribution is 0.0734. The van der Waals surface area contributed by atoms with Crippen LogP contribution in [0.15, 0.2) is 52.8 Å². The molecule has 1 amide bonds. The highest BCUT2D eigenvalue weighted by atomic mass is 19.1. The first-order valence-corrected chi connectivity index (χ1v) is 8.34. The van der Waals surface area contributed by atoms with E-state index in [-0.39, 0.29) is 11.7 Å². The van der Waals surface area contributed by atoms with Gasteiger partial charge in [0, 0.05) is 19.2 Å². The number of carbonyl (C=O) groups is 1. The Hall–Kier alpha value is -2.43. The van der Waals surface area contributed by atoms with Gasteiger partial charge >= 0.3 is 0 Å². The summed E-state index contributed by atoms with van der Waals surface area (Å²) in [5.41, 5.74) is 2.61. The molecule has 0 spiro atoms. The fraction of sp³-hybridized carbons (Fsp3) is 0.368. The average Bonchev–Trinajstić information content (AvgIpc) is 3.15. The minimum Gasteiger partial charge on any atom is -0.364 e. The maximum absolute atomic E-state index is 13.1. The fourth-order valence-electron chi connectivity index (χ4n) is 2.96. The molecule has 1 aromatic carbocycles. The number of allylic oxidation sites excluding steroid dienone is 1. The third-order valence-electron chi connectivity index (χ3n) is 4.32. The SMILES string of the molecule is O=C(c1ccon1)N(CCC1=CCCCC1)Cc1ccc(F)cc1. The Morgan fingerprint density at radius 3 is 2.71 bits per heavy atom. The summed E-state index contributed by atoms with van der Waals surface area (Å²) in [4.78, 5) is 14.4. The largest absolute Gasteiger partial charge is 0.364 e. The first-order valence-electron chi connectivity index (χ1n) is 8.34. The van der Waals surface area contributed by atoms with E-state index in [1.165, 1.54) is 36.8 Å².